The molecule has 0 aliphatic carbocycles. The Morgan fingerprint density at radius 1 is 1.16 bits per heavy atom. The molecule has 0 aromatic heterocycles. The summed E-state index contributed by atoms with van der Waals surface area (Å²) < 4.78 is 5.57. The Hall–Kier alpha value is -3.19. The highest BCUT2D eigenvalue weighted by Crippen LogP contribution is 2.43. The molecule has 5 N–H and O–H groups in total. The van der Waals surface area contributed by atoms with Crippen molar-refractivity contribution in [3.8, 4) is 28.7 Å². The molecule has 1 aliphatic rings. The first-order chi connectivity index (χ1) is 15.0. The molecule has 7 nitrogen and oxygen atoms in total. The second kappa shape index (κ2) is 9.12. The van der Waals surface area contributed by atoms with Gasteiger partial charge in [-0.3, -0.25) is 4.79 Å². The molecule has 0 amide bonds. The number of carbonyl (C=O) groups excluding carboxylic acids is 1. The highest BCUT2D eigenvalue weighted by Gasteiger charge is 2.35. The van der Waals surface area contributed by atoms with Crippen LogP contribution in [-0.4, -0.2) is 43.5 Å². The fourth-order valence-corrected chi connectivity index (χ4v) is 3.91. The molecule has 0 fully saturated rings. The third kappa shape index (κ3) is 5.16. The van der Waals surface area contributed by atoms with Crippen LogP contribution in [0.15, 0.2) is 35.9 Å². The van der Waals surface area contributed by atoms with Crippen molar-refractivity contribution in [2.45, 2.75) is 58.0 Å². The van der Waals surface area contributed by atoms with Crippen LogP contribution in [0.5, 0.6) is 28.7 Å². The molecule has 0 saturated carbocycles. The van der Waals surface area contributed by atoms with Crippen molar-refractivity contribution in [3.63, 3.8) is 0 Å². The van der Waals surface area contributed by atoms with E-state index in [9.17, 15) is 30.3 Å². The van der Waals surface area contributed by atoms with E-state index >= 15 is 0 Å². The normalized spacial score (nSPS) is 16.6. The minimum atomic E-state index is -0.867. The van der Waals surface area contributed by atoms with Crippen LogP contribution in [0.3, 0.4) is 0 Å². The van der Waals surface area contributed by atoms with Crippen LogP contribution in [-0.2, 0) is 6.42 Å². The summed E-state index contributed by atoms with van der Waals surface area (Å²) in [5.41, 5.74) is 0.905. The van der Waals surface area contributed by atoms with Gasteiger partial charge in [-0.25, -0.2) is 0 Å². The van der Waals surface area contributed by atoms with Crippen molar-refractivity contribution in [3.05, 3.63) is 52.6 Å². The van der Waals surface area contributed by atoms with E-state index in [2.05, 4.69) is 0 Å². The van der Waals surface area contributed by atoms with Gasteiger partial charge >= 0.3 is 0 Å². The maximum Gasteiger partial charge on any atom is 0.181 e. The van der Waals surface area contributed by atoms with E-state index in [1.807, 2.05) is 13.0 Å². The molecule has 2 aromatic rings. The standard InChI is InChI=1S/C25H30O7/c1-14(5-4-10-25(2,3)31)6-7-17-19(27)9-8-16(23(17)29)18-13-32-21-12-15(26)11-20(28)22(21)24(18)30/h6,8-9,11-12,18,26-29,31H,4-5,7,10,13H2,1-3H3. The second-order valence-corrected chi connectivity index (χ2v) is 8.99. The molecular weight excluding hydrogens is 412 g/mol. The smallest absolute Gasteiger partial charge is 0.181 e. The van der Waals surface area contributed by atoms with Crippen LogP contribution in [0.25, 0.3) is 0 Å². The predicted octanol–water partition coefficient (Wildman–Crippen LogP) is 4.30. The number of ketones is 1. The lowest BCUT2D eigenvalue weighted by molar-refractivity contribution is 0.0689. The maximum absolute atomic E-state index is 13.0. The number of benzene rings is 2. The molecule has 2 aromatic carbocycles. The van der Waals surface area contributed by atoms with Gasteiger partial charge in [0.05, 0.1) is 11.5 Å². The van der Waals surface area contributed by atoms with Gasteiger partial charge in [0.1, 0.15) is 40.9 Å². The van der Waals surface area contributed by atoms with Crippen molar-refractivity contribution >= 4 is 5.78 Å². The molecule has 3 rings (SSSR count). The molecule has 0 spiro atoms. The highest BCUT2D eigenvalue weighted by molar-refractivity contribution is 6.06. The fourth-order valence-electron chi connectivity index (χ4n) is 3.91. The van der Waals surface area contributed by atoms with E-state index in [1.165, 1.54) is 18.2 Å². The third-order valence-corrected chi connectivity index (χ3v) is 5.71. The number of allylic oxidation sites excluding steroid dienone is 2. The summed E-state index contributed by atoms with van der Waals surface area (Å²) in [7, 11) is 0. The van der Waals surface area contributed by atoms with Crippen LogP contribution in [0.4, 0.5) is 0 Å². The minimum absolute atomic E-state index is 0.0457. The molecule has 1 heterocycles. The van der Waals surface area contributed by atoms with Crippen molar-refractivity contribution in [2.75, 3.05) is 6.61 Å². The Morgan fingerprint density at radius 3 is 2.56 bits per heavy atom. The van der Waals surface area contributed by atoms with Gasteiger partial charge in [0, 0.05) is 23.3 Å². The monoisotopic (exact) mass is 442 g/mol. The Labute approximate surface area is 187 Å². The minimum Gasteiger partial charge on any atom is -0.508 e. The third-order valence-electron chi connectivity index (χ3n) is 5.71. The predicted molar refractivity (Wildman–Crippen MR) is 120 cm³/mol. The van der Waals surface area contributed by atoms with Crippen LogP contribution in [0, 0.1) is 0 Å². The van der Waals surface area contributed by atoms with E-state index in [0.717, 1.165) is 24.5 Å². The van der Waals surface area contributed by atoms with Crippen molar-refractivity contribution in [1.82, 2.24) is 0 Å². The number of hydrogen-bond donors (Lipinski definition) is 5. The van der Waals surface area contributed by atoms with Crippen LogP contribution < -0.4 is 4.74 Å². The van der Waals surface area contributed by atoms with Gasteiger partial charge in [0.2, 0.25) is 0 Å². The summed E-state index contributed by atoms with van der Waals surface area (Å²) in [5, 5.41) is 50.7. The Balaban J connectivity index is 1.82. The molecule has 1 unspecified atom stereocenters. The van der Waals surface area contributed by atoms with E-state index in [0.29, 0.717) is 17.5 Å². The van der Waals surface area contributed by atoms with Gasteiger partial charge in [-0.1, -0.05) is 17.7 Å². The topological polar surface area (TPSA) is 127 Å². The lowest BCUT2D eigenvalue weighted by Gasteiger charge is -2.26. The number of aromatic hydroxyl groups is 4. The number of aliphatic hydroxyl groups is 1. The average Bonchev–Trinajstić information content (AvgIpc) is 2.67. The van der Waals surface area contributed by atoms with Crippen LogP contribution in [0.2, 0.25) is 0 Å². The number of Topliss-reactive ketones (excluding diaryl/α,β-unsaturated/α-hetero) is 1. The first-order valence-corrected chi connectivity index (χ1v) is 10.6. The number of ether oxygens (including phenoxy) is 1. The Bertz CT molecular complexity index is 1050. The van der Waals surface area contributed by atoms with E-state index in [1.54, 1.807) is 13.8 Å². The number of hydrogen-bond acceptors (Lipinski definition) is 7. The number of carbonyl (C=O) groups is 1. The average molecular weight is 443 g/mol. The Kier molecular flexibility index (Phi) is 6.69. The zero-order chi connectivity index (χ0) is 23.6. The summed E-state index contributed by atoms with van der Waals surface area (Å²) in [6.07, 6.45) is 4.45. The summed E-state index contributed by atoms with van der Waals surface area (Å²) in [5.74, 6) is -2.09. The van der Waals surface area contributed by atoms with Gasteiger partial charge in [-0.15, -0.1) is 0 Å². The van der Waals surface area contributed by atoms with Gasteiger partial charge in [0.15, 0.2) is 5.78 Å². The van der Waals surface area contributed by atoms with Crippen LogP contribution >= 0.6 is 0 Å². The van der Waals surface area contributed by atoms with Gasteiger partial charge in [0.25, 0.3) is 0 Å². The van der Waals surface area contributed by atoms with E-state index < -0.39 is 23.1 Å². The van der Waals surface area contributed by atoms with Gasteiger partial charge in [-0.2, -0.15) is 0 Å². The Morgan fingerprint density at radius 2 is 1.88 bits per heavy atom. The summed E-state index contributed by atoms with van der Waals surface area (Å²) in [6, 6.07) is 5.23. The van der Waals surface area contributed by atoms with Crippen molar-refractivity contribution < 1.29 is 35.1 Å². The first kappa shape index (κ1) is 23.5. The van der Waals surface area contributed by atoms with Crippen molar-refractivity contribution in [1.29, 1.82) is 0 Å². The number of phenolic OH excluding ortho intramolecular Hbond substituents is 4. The largest absolute Gasteiger partial charge is 0.508 e. The quantitative estimate of drug-likeness (QED) is 0.405. The number of fused-ring (bicyclic) bond motifs is 1. The fraction of sp³-hybridized carbons (Fsp3) is 0.400. The highest BCUT2D eigenvalue weighted by atomic mass is 16.5. The summed E-state index contributed by atoms with van der Waals surface area (Å²) in [4.78, 5) is 13.0. The first-order valence-electron chi connectivity index (χ1n) is 10.6. The SMILES string of the molecule is CC(=CCc1c(O)ccc(C2COc3cc(O)cc(O)c3C2=O)c1O)CCCC(C)(C)O. The van der Waals surface area contributed by atoms with Gasteiger partial charge in [-0.05, 0) is 52.5 Å². The molecule has 7 heteroatoms. The van der Waals surface area contributed by atoms with Gasteiger partial charge < -0.3 is 30.3 Å². The van der Waals surface area contributed by atoms with E-state index in [4.69, 9.17) is 4.74 Å². The lowest BCUT2D eigenvalue weighted by Crippen LogP contribution is -2.26. The molecule has 0 radical (unpaired) electrons. The number of rotatable bonds is 7. The lowest BCUT2D eigenvalue weighted by atomic mass is 9.86. The zero-order valence-electron chi connectivity index (χ0n) is 18.6. The summed E-state index contributed by atoms with van der Waals surface area (Å²) >= 11 is 0. The van der Waals surface area contributed by atoms with E-state index in [-0.39, 0.29) is 41.6 Å². The molecule has 0 bridgehead atoms. The zero-order valence-corrected chi connectivity index (χ0v) is 18.6. The molecule has 1 atom stereocenters. The summed E-state index contributed by atoms with van der Waals surface area (Å²) in [6.45, 7) is 5.42. The number of phenols is 4. The molecule has 32 heavy (non-hydrogen) atoms. The van der Waals surface area contributed by atoms with Crippen molar-refractivity contribution in [2.24, 2.45) is 0 Å². The van der Waals surface area contributed by atoms with Crippen LogP contribution in [0.1, 0.15) is 67.4 Å². The molecule has 172 valence electrons. The molecule has 0 saturated heterocycles. The molecule has 1 aliphatic heterocycles. The second-order valence-electron chi connectivity index (χ2n) is 8.99. The maximum atomic E-state index is 13.0. The molecular formula is C25H30O7.